The third-order valence-electron chi connectivity index (χ3n) is 3.69. The molecule has 0 saturated heterocycles. The highest BCUT2D eigenvalue weighted by Crippen LogP contribution is 2.26. The van der Waals surface area contributed by atoms with E-state index in [2.05, 4.69) is 15.5 Å². The van der Waals surface area contributed by atoms with Crippen LogP contribution in [0.25, 0.3) is 28.0 Å². The zero-order valence-corrected chi connectivity index (χ0v) is 11.8. The van der Waals surface area contributed by atoms with Gasteiger partial charge in [-0.3, -0.25) is 4.40 Å². The Hall–Kier alpha value is -3.07. The molecule has 0 atom stereocenters. The van der Waals surface area contributed by atoms with Gasteiger partial charge in [-0.25, -0.2) is 4.98 Å². The number of nitrogens with zero attached hydrogens (tertiary/aromatic N) is 2. The van der Waals surface area contributed by atoms with E-state index < -0.39 is 0 Å². The summed E-state index contributed by atoms with van der Waals surface area (Å²) in [4.78, 5) is 4.45. The molecular formula is C19H13N2O. The number of fused-ring (bicyclic) bond motifs is 1. The van der Waals surface area contributed by atoms with Crippen LogP contribution in [-0.2, 0) is 0 Å². The Kier molecular flexibility index (Phi) is 2.90. The Morgan fingerprint density at radius 2 is 1.86 bits per heavy atom. The highest BCUT2D eigenvalue weighted by Gasteiger charge is 2.07. The van der Waals surface area contributed by atoms with Crippen molar-refractivity contribution in [1.29, 1.82) is 0 Å². The zero-order valence-electron chi connectivity index (χ0n) is 11.8. The normalized spacial score (nSPS) is 10.9. The number of pyridine rings is 1. The third-order valence-corrected chi connectivity index (χ3v) is 3.69. The second-order valence-corrected chi connectivity index (χ2v) is 5.13. The smallest absolute Gasteiger partial charge is 0.137 e. The standard InChI is InChI=1S/C19H13N2O/c22-17-8-4-7-15(11-17)16-9-10-19-20-12-18(21(19)13-16)14-5-2-1-3-6-14/h1-2,4-13,22H. The van der Waals surface area contributed by atoms with Crippen molar-refractivity contribution in [3.8, 4) is 28.1 Å². The number of hydrogen-bond donors (Lipinski definition) is 1. The van der Waals surface area contributed by atoms with Gasteiger partial charge >= 0.3 is 0 Å². The van der Waals surface area contributed by atoms with Crippen LogP contribution in [0.3, 0.4) is 0 Å². The van der Waals surface area contributed by atoms with Gasteiger partial charge < -0.3 is 5.11 Å². The van der Waals surface area contributed by atoms with Gasteiger partial charge in [-0.05, 0) is 47.5 Å². The first-order valence-electron chi connectivity index (χ1n) is 7.04. The molecule has 0 spiro atoms. The number of phenols is 1. The van der Waals surface area contributed by atoms with Crippen molar-refractivity contribution in [2.45, 2.75) is 0 Å². The minimum atomic E-state index is 0.265. The Labute approximate surface area is 128 Å². The van der Waals surface area contributed by atoms with Gasteiger partial charge in [-0.2, -0.15) is 0 Å². The maximum absolute atomic E-state index is 9.66. The fourth-order valence-electron chi connectivity index (χ4n) is 2.60. The summed E-state index contributed by atoms with van der Waals surface area (Å²) in [5.74, 6) is 0.265. The summed E-state index contributed by atoms with van der Waals surface area (Å²) >= 11 is 0. The van der Waals surface area contributed by atoms with Gasteiger partial charge in [0.15, 0.2) is 0 Å². The Balaban J connectivity index is 1.90. The summed E-state index contributed by atoms with van der Waals surface area (Å²) in [5, 5.41) is 9.66. The number of rotatable bonds is 2. The summed E-state index contributed by atoms with van der Waals surface area (Å²) in [6.45, 7) is 0. The van der Waals surface area contributed by atoms with Crippen LogP contribution < -0.4 is 0 Å². The van der Waals surface area contributed by atoms with Crippen molar-refractivity contribution in [2.75, 3.05) is 0 Å². The second-order valence-electron chi connectivity index (χ2n) is 5.13. The average Bonchev–Trinajstić information content (AvgIpc) is 2.99. The van der Waals surface area contributed by atoms with Crippen LogP contribution in [-0.4, -0.2) is 14.5 Å². The molecule has 1 radical (unpaired) electrons. The minimum absolute atomic E-state index is 0.265. The maximum atomic E-state index is 9.66. The second kappa shape index (κ2) is 5.04. The molecule has 2 aromatic carbocycles. The van der Waals surface area contributed by atoms with E-state index in [-0.39, 0.29) is 5.75 Å². The van der Waals surface area contributed by atoms with Gasteiger partial charge in [-0.15, -0.1) is 0 Å². The fraction of sp³-hybridized carbons (Fsp3) is 0. The number of imidazole rings is 1. The van der Waals surface area contributed by atoms with E-state index in [4.69, 9.17) is 0 Å². The van der Waals surface area contributed by atoms with E-state index in [1.165, 1.54) is 0 Å². The molecule has 0 amide bonds. The molecule has 0 aliphatic rings. The quantitative estimate of drug-likeness (QED) is 0.600. The average molecular weight is 285 g/mol. The van der Waals surface area contributed by atoms with Crippen molar-refractivity contribution in [3.63, 3.8) is 0 Å². The Morgan fingerprint density at radius 3 is 2.68 bits per heavy atom. The monoisotopic (exact) mass is 285 g/mol. The molecule has 0 aliphatic carbocycles. The summed E-state index contributed by atoms with van der Waals surface area (Å²) in [6, 6.07) is 22.2. The Morgan fingerprint density at radius 1 is 0.955 bits per heavy atom. The molecule has 0 saturated carbocycles. The summed E-state index contributed by atoms with van der Waals surface area (Å²) < 4.78 is 2.06. The lowest BCUT2D eigenvalue weighted by atomic mass is 10.1. The predicted octanol–water partition coefficient (Wildman–Crippen LogP) is 4.17. The van der Waals surface area contributed by atoms with Gasteiger partial charge in [-0.1, -0.05) is 30.3 Å². The lowest BCUT2D eigenvalue weighted by molar-refractivity contribution is 0.475. The number of phenolic OH excluding ortho intramolecular Hbond substituents is 1. The molecule has 4 aromatic rings. The van der Waals surface area contributed by atoms with E-state index in [1.54, 1.807) is 12.1 Å². The number of hydrogen-bond acceptors (Lipinski definition) is 2. The van der Waals surface area contributed by atoms with E-state index in [0.29, 0.717) is 0 Å². The van der Waals surface area contributed by atoms with E-state index >= 15 is 0 Å². The fourth-order valence-corrected chi connectivity index (χ4v) is 2.60. The molecule has 3 heteroatoms. The van der Waals surface area contributed by atoms with E-state index in [1.807, 2.05) is 60.9 Å². The number of benzene rings is 2. The summed E-state index contributed by atoms with van der Waals surface area (Å²) in [5.41, 5.74) is 4.99. The van der Waals surface area contributed by atoms with Gasteiger partial charge in [0.25, 0.3) is 0 Å². The zero-order chi connectivity index (χ0) is 14.9. The van der Waals surface area contributed by atoms with E-state index in [9.17, 15) is 5.11 Å². The minimum Gasteiger partial charge on any atom is -0.508 e. The number of aromatic nitrogens is 2. The van der Waals surface area contributed by atoms with Gasteiger partial charge in [0.2, 0.25) is 0 Å². The molecule has 22 heavy (non-hydrogen) atoms. The lowest BCUT2D eigenvalue weighted by Crippen LogP contribution is -1.90. The van der Waals surface area contributed by atoms with E-state index in [0.717, 1.165) is 28.0 Å². The SMILES string of the molecule is Oc1cccc(-c2ccc3ncc(-c4c[c]ccc4)n3c2)c1. The molecule has 2 heterocycles. The summed E-state index contributed by atoms with van der Waals surface area (Å²) in [6.07, 6.45) is 3.91. The highest BCUT2D eigenvalue weighted by molar-refractivity contribution is 5.69. The lowest BCUT2D eigenvalue weighted by Gasteiger charge is -2.06. The number of aromatic hydroxyl groups is 1. The molecule has 0 bridgehead atoms. The molecule has 3 nitrogen and oxygen atoms in total. The molecule has 105 valence electrons. The highest BCUT2D eigenvalue weighted by atomic mass is 16.3. The third kappa shape index (κ3) is 2.13. The van der Waals surface area contributed by atoms with Crippen LogP contribution in [0, 0.1) is 6.07 Å². The van der Waals surface area contributed by atoms with Crippen LogP contribution in [0.2, 0.25) is 0 Å². The van der Waals surface area contributed by atoms with Crippen LogP contribution in [0.1, 0.15) is 0 Å². The molecule has 0 unspecified atom stereocenters. The van der Waals surface area contributed by atoms with Crippen LogP contribution >= 0.6 is 0 Å². The van der Waals surface area contributed by atoms with Gasteiger partial charge in [0.05, 0.1) is 11.9 Å². The topological polar surface area (TPSA) is 37.5 Å². The largest absolute Gasteiger partial charge is 0.508 e. The molecule has 0 aliphatic heterocycles. The molecule has 0 fully saturated rings. The Bertz CT molecular complexity index is 942. The van der Waals surface area contributed by atoms with Gasteiger partial charge in [0.1, 0.15) is 11.4 Å². The molecule has 1 N–H and O–H groups in total. The molecule has 4 rings (SSSR count). The first-order chi connectivity index (χ1) is 10.8. The molecular weight excluding hydrogens is 272 g/mol. The van der Waals surface area contributed by atoms with Gasteiger partial charge in [0, 0.05) is 11.8 Å². The van der Waals surface area contributed by atoms with Crippen molar-refractivity contribution >= 4 is 5.65 Å². The van der Waals surface area contributed by atoms with Crippen molar-refractivity contribution < 1.29 is 5.11 Å². The predicted molar refractivity (Wildman–Crippen MR) is 86.6 cm³/mol. The maximum Gasteiger partial charge on any atom is 0.137 e. The summed E-state index contributed by atoms with van der Waals surface area (Å²) in [7, 11) is 0. The molecule has 2 aromatic heterocycles. The van der Waals surface area contributed by atoms with Crippen molar-refractivity contribution in [1.82, 2.24) is 9.38 Å². The first kappa shape index (κ1) is 12.7. The van der Waals surface area contributed by atoms with Crippen molar-refractivity contribution in [2.24, 2.45) is 0 Å². The van der Waals surface area contributed by atoms with Crippen molar-refractivity contribution in [3.05, 3.63) is 79.1 Å². The van der Waals surface area contributed by atoms with Crippen LogP contribution in [0.5, 0.6) is 5.75 Å². The first-order valence-corrected chi connectivity index (χ1v) is 7.04. The van der Waals surface area contributed by atoms with Crippen LogP contribution in [0.4, 0.5) is 0 Å². The van der Waals surface area contributed by atoms with Crippen LogP contribution in [0.15, 0.2) is 73.1 Å².